The number of nitriles is 1. The van der Waals surface area contributed by atoms with Crippen molar-refractivity contribution in [1.29, 1.82) is 10.7 Å². The van der Waals surface area contributed by atoms with Crippen molar-refractivity contribution in [3.8, 4) is 11.8 Å². The maximum atomic E-state index is 13.4. The number of nitrogens with one attached hydrogen (secondary N) is 1. The van der Waals surface area contributed by atoms with Gasteiger partial charge in [0.15, 0.2) is 5.78 Å². The van der Waals surface area contributed by atoms with E-state index in [2.05, 4.69) is 39.0 Å². The van der Waals surface area contributed by atoms with Crippen LogP contribution < -0.4 is 9.64 Å². The molecule has 0 unspecified atom stereocenters. The van der Waals surface area contributed by atoms with Crippen molar-refractivity contribution in [1.82, 2.24) is 9.88 Å². The van der Waals surface area contributed by atoms with Gasteiger partial charge in [0.05, 0.1) is 24.8 Å². The fraction of sp³-hybridized carbons (Fsp3) is 0.462. The monoisotopic (exact) mass is 523 g/mol. The van der Waals surface area contributed by atoms with Gasteiger partial charge in [0.1, 0.15) is 30.4 Å². The molecule has 0 amide bonds. The average Bonchev–Trinajstić information content (AvgIpc) is 3.58. The summed E-state index contributed by atoms with van der Waals surface area (Å²) in [5.74, 6) is 1.57. The van der Waals surface area contributed by atoms with Gasteiger partial charge in [0, 0.05) is 34.8 Å². The first kappa shape index (κ1) is 24.2. The van der Waals surface area contributed by atoms with Crippen molar-refractivity contribution < 1.29 is 9.53 Å². The van der Waals surface area contributed by atoms with E-state index in [1.54, 1.807) is 4.90 Å². The summed E-state index contributed by atoms with van der Waals surface area (Å²) in [6.07, 6.45) is 2.34. The lowest BCUT2D eigenvalue weighted by Gasteiger charge is -2.34. The number of fused-ring (bicyclic) bond motifs is 2. The molecule has 0 radical (unpaired) electrons. The molecule has 178 valence electrons. The summed E-state index contributed by atoms with van der Waals surface area (Å²) in [6, 6.07) is 10.1. The molecule has 5 rings (SSSR count). The molecule has 34 heavy (non-hydrogen) atoms. The third-order valence-corrected chi connectivity index (χ3v) is 6.64. The predicted molar refractivity (Wildman–Crippen MR) is 137 cm³/mol. The van der Waals surface area contributed by atoms with Gasteiger partial charge in [-0.1, -0.05) is 26.8 Å². The molecule has 1 saturated carbocycles. The van der Waals surface area contributed by atoms with Crippen molar-refractivity contribution >= 4 is 34.3 Å². The molecule has 1 aromatic heterocycles. The summed E-state index contributed by atoms with van der Waals surface area (Å²) in [4.78, 5) is 21.9. The first-order chi connectivity index (χ1) is 15.8. The third-order valence-electron chi connectivity index (χ3n) is 6.64. The number of rotatable bonds is 5. The maximum Gasteiger partial charge on any atom is 0.182 e. The molecule has 1 aliphatic carbocycles. The zero-order valence-electron chi connectivity index (χ0n) is 19.9. The number of amidine groups is 1. The summed E-state index contributed by atoms with van der Waals surface area (Å²) in [7, 11) is 0. The van der Waals surface area contributed by atoms with Gasteiger partial charge in [-0.2, -0.15) is 5.26 Å². The topological polar surface area (TPSA) is 93.3 Å². The Morgan fingerprint density at radius 2 is 2.03 bits per heavy atom. The van der Waals surface area contributed by atoms with Crippen molar-refractivity contribution in [2.24, 2.45) is 0 Å². The summed E-state index contributed by atoms with van der Waals surface area (Å²) >= 11 is 0. The summed E-state index contributed by atoms with van der Waals surface area (Å²) in [5, 5.41) is 17.9. The Morgan fingerprint density at radius 1 is 1.26 bits per heavy atom. The lowest BCUT2D eigenvalue weighted by molar-refractivity contribution is 0.0962. The van der Waals surface area contributed by atoms with Crippen LogP contribution in [0, 0.1) is 16.7 Å². The normalized spacial score (nSPS) is 16.8. The van der Waals surface area contributed by atoms with Gasteiger partial charge in [0.25, 0.3) is 0 Å². The molecular weight excluding hydrogens is 494 g/mol. The van der Waals surface area contributed by atoms with Crippen LogP contribution in [0.1, 0.15) is 72.4 Å². The van der Waals surface area contributed by atoms with E-state index in [1.807, 2.05) is 17.0 Å². The molecular formula is C26H30BrN5O2. The molecule has 0 saturated heterocycles. The van der Waals surface area contributed by atoms with Gasteiger partial charge in [-0.25, -0.2) is 4.98 Å². The second-order valence-corrected chi connectivity index (χ2v) is 10.2. The fourth-order valence-electron chi connectivity index (χ4n) is 4.62. The van der Waals surface area contributed by atoms with E-state index in [-0.39, 0.29) is 41.3 Å². The Morgan fingerprint density at radius 3 is 2.71 bits per heavy atom. The van der Waals surface area contributed by atoms with Crippen LogP contribution in [0.15, 0.2) is 24.3 Å². The maximum absolute atomic E-state index is 13.4. The van der Waals surface area contributed by atoms with Gasteiger partial charge in [0.2, 0.25) is 0 Å². The zero-order valence-corrected chi connectivity index (χ0v) is 21.6. The number of hydrogen-bond donors (Lipinski definition) is 1. The van der Waals surface area contributed by atoms with Gasteiger partial charge in [-0.15, -0.1) is 17.0 Å². The number of pyridine rings is 1. The second-order valence-electron chi connectivity index (χ2n) is 10.2. The molecule has 3 aliphatic rings. The number of halogens is 1. The predicted octanol–water partition coefficient (Wildman–Crippen LogP) is 4.58. The SMILES string of the molecule is Br.CC(C)(C)c1cc(C(=O)CN2Cc3ccc(C4CC4)nc3C2=N)cc2c1OCCN2CC#N. The standard InChI is InChI=1S/C26H29N5O2.BrH/c1-26(2,3)19-12-18(13-21-24(19)33-11-10-30(21)9-8-27)22(32)15-31-14-17-6-7-20(16-4-5-16)29-23(17)25(31)28;/h6-7,12-13,16,28H,4-5,9-11,14-15H2,1-3H3;1H. The minimum atomic E-state index is -0.226. The van der Waals surface area contributed by atoms with E-state index in [4.69, 9.17) is 15.1 Å². The lowest BCUT2D eigenvalue weighted by Crippen LogP contribution is -2.35. The number of nitrogens with zero attached hydrogens (tertiary/aromatic N) is 4. The summed E-state index contributed by atoms with van der Waals surface area (Å²) < 4.78 is 6.01. The average molecular weight is 524 g/mol. The highest BCUT2D eigenvalue weighted by Gasteiger charge is 2.33. The lowest BCUT2D eigenvalue weighted by atomic mass is 9.84. The number of hydrogen-bond acceptors (Lipinski definition) is 6. The van der Waals surface area contributed by atoms with Crippen molar-refractivity contribution in [3.63, 3.8) is 0 Å². The van der Waals surface area contributed by atoms with Gasteiger partial charge < -0.3 is 14.5 Å². The van der Waals surface area contributed by atoms with E-state index in [1.165, 1.54) is 12.8 Å². The van der Waals surface area contributed by atoms with Crippen molar-refractivity contribution in [2.75, 3.05) is 31.1 Å². The van der Waals surface area contributed by atoms with Crippen LogP contribution in [0.4, 0.5) is 5.69 Å². The number of anilines is 1. The molecule has 0 bridgehead atoms. The third kappa shape index (κ3) is 4.41. The highest BCUT2D eigenvalue weighted by atomic mass is 79.9. The molecule has 1 fully saturated rings. The number of benzene rings is 1. The van der Waals surface area contributed by atoms with Crippen LogP contribution >= 0.6 is 17.0 Å². The molecule has 0 atom stereocenters. The highest BCUT2D eigenvalue weighted by molar-refractivity contribution is 8.93. The van der Waals surface area contributed by atoms with E-state index >= 15 is 0 Å². The number of carbonyl (C=O) groups is 1. The van der Waals surface area contributed by atoms with E-state index in [0.717, 1.165) is 28.3 Å². The van der Waals surface area contributed by atoms with E-state index in [9.17, 15) is 10.1 Å². The number of Topliss-reactive ketones (excluding diaryl/α,β-unsaturated/α-hetero) is 1. The smallest absolute Gasteiger partial charge is 0.182 e. The minimum Gasteiger partial charge on any atom is -0.489 e. The van der Waals surface area contributed by atoms with Crippen LogP contribution in [0.5, 0.6) is 5.75 Å². The van der Waals surface area contributed by atoms with Gasteiger partial charge in [-0.05, 0) is 36.5 Å². The van der Waals surface area contributed by atoms with E-state index < -0.39 is 0 Å². The molecule has 1 aromatic carbocycles. The Labute approximate surface area is 211 Å². The first-order valence-corrected chi connectivity index (χ1v) is 11.6. The van der Waals surface area contributed by atoms with Crippen LogP contribution in [0.25, 0.3) is 0 Å². The first-order valence-electron chi connectivity index (χ1n) is 11.6. The second kappa shape index (κ2) is 9.03. The number of ether oxygens (including phenoxy) is 1. The van der Waals surface area contributed by atoms with Crippen LogP contribution in [0.3, 0.4) is 0 Å². The van der Waals surface area contributed by atoms with Crippen molar-refractivity contribution in [3.05, 3.63) is 52.3 Å². The summed E-state index contributed by atoms with van der Waals surface area (Å²) in [5.41, 5.74) is 4.90. The molecule has 2 aromatic rings. The van der Waals surface area contributed by atoms with Crippen LogP contribution in [0.2, 0.25) is 0 Å². The molecule has 7 nitrogen and oxygen atoms in total. The fourth-order valence-corrected chi connectivity index (χ4v) is 4.62. The number of ketones is 1. The van der Waals surface area contributed by atoms with Crippen LogP contribution in [-0.4, -0.2) is 47.7 Å². The largest absolute Gasteiger partial charge is 0.489 e. The van der Waals surface area contributed by atoms with Gasteiger partial charge in [-0.3, -0.25) is 10.2 Å². The highest BCUT2D eigenvalue weighted by Crippen LogP contribution is 2.42. The van der Waals surface area contributed by atoms with Gasteiger partial charge >= 0.3 is 0 Å². The zero-order chi connectivity index (χ0) is 23.3. The number of aromatic nitrogens is 1. The molecule has 0 spiro atoms. The quantitative estimate of drug-likeness (QED) is 0.455. The molecule has 3 heterocycles. The molecule has 8 heteroatoms. The Hall–Kier alpha value is -2.92. The molecule has 1 N–H and O–H groups in total. The minimum absolute atomic E-state index is 0. The van der Waals surface area contributed by atoms with Crippen LogP contribution in [-0.2, 0) is 12.0 Å². The Bertz CT molecular complexity index is 1190. The Balaban J connectivity index is 0.00000274. The number of carbonyl (C=O) groups excluding carboxylic acids is 1. The Kier molecular flexibility index (Phi) is 6.43. The summed E-state index contributed by atoms with van der Waals surface area (Å²) in [6.45, 7) is 8.32. The van der Waals surface area contributed by atoms with Crippen molar-refractivity contribution in [2.45, 2.75) is 51.5 Å². The molecule has 2 aliphatic heterocycles. The van der Waals surface area contributed by atoms with E-state index in [0.29, 0.717) is 42.7 Å².